The highest BCUT2D eigenvalue weighted by molar-refractivity contribution is 6.36. The van der Waals surface area contributed by atoms with Crippen LogP contribution in [-0.2, 0) is 19.2 Å². The van der Waals surface area contributed by atoms with Gasteiger partial charge < -0.3 is 35.7 Å². The summed E-state index contributed by atoms with van der Waals surface area (Å²) < 4.78 is 0. The first-order valence-electron chi connectivity index (χ1n) is 5.77. The number of aliphatic hydroxyl groups is 5. The second kappa shape index (κ2) is 10.8. The molecule has 0 radical (unpaired) electrons. The van der Waals surface area contributed by atoms with Crippen LogP contribution < -0.4 is 0 Å². The van der Waals surface area contributed by atoms with Gasteiger partial charge in [-0.15, -0.1) is 0 Å². The van der Waals surface area contributed by atoms with Gasteiger partial charge in [0.25, 0.3) is 0 Å². The highest BCUT2D eigenvalue weighted by Crippen LogP contribution is 2.04. The molecule has 11 heteroatoms. The van der Waals surface area contributed by atoms with E-state index in [1.165, 1.54) is 6.92 Å². The molecule has 0 aromatic rings. The first kappa shape index (κ1) is 22.4. The van der Waals surface area contributed by atoms with Gasteiger partial charge in [0.1, 0.15) is 24.1 Å². The summed E-state index contributed by atoms with van der Waals surface area (Å²) in [4.78, 5) is 40.0. The summed E-state index contributed by atoms with van der Waals surface area (Å²) in [7, 11) is 0. The zero-order valence-electron chi connectivity index (χ0n) is 11.5. The second-order valence-electron chi connectivity index (χ2n) is 4.12. The predicted molar refractivity (Wildman–Crippen MR) is 66.7 cm³/mol. The van der Waals surface area contributed by atoms with Gasteiger partial charge in [-0.3, -0.25) is 9.59 Å². The average Bonchev–Trinajstić information content (AvgIpc) is 2.43. The van der Waals surface area contributed by atoms with E-state index in [1.54, 1.807) is 0 Å². The molecule has 22 heavy (non-hydrogen) atoms. The number of ketones is 2. The van der Waals surface area contributed by atoms with Crippen LogP contribution in [0.4, 0.5) is 0 Å². The zero-order chi connectivity index (χ0) is 18.0. The maximum absolute atomic E-state index is 10.1. The summed E-state index contributed by atoms with van der Waals surface area (Å²) in [5, 5.41) is 59.7. The standard InChI is InChI=1S/C6H12O7.C5H6O4/c7-1-2(8)3(9)4(10)5(11)6(12)13;1-3(6)2-4(7)5(8)9/h2-5,7-11H,1H2,(H,12,13);2H2,1H3,(H,8,9). The largest absolute Gasteiger partial charge is 0.479 e. The molecule has 0 amide bonds. The summed E-state index contributed by atoms with van der Waals surface area (Å²) in [5.41, 5.74) is 0. The molecule has 0 saturated heterocycles. The molecule has 0 fully saturated rings. The van der Waals surface area contributed by atoms with Crippen LogP contribution in [0.15, 0.2) is 0 Å². The van der Waals surface area contributed by atoms with Crippen molar-refractivity contribution in [2.24, 2.45) is 0 Å². The summed E-state index contributed by atoms with van der Waals surface area (Å²) in [6.45, 7) is 0.325. The number of hydrogen-bond acceptors (Lipinski definition) is 9. The van der Waals surface area contributed by atoms with Crippen molar-refractivity contribution < 1.29 is 54.9 Å². The molecule has 0 aromatic heterocycles. The van der Waals surface area contributed by atoms with Crippen LogP contribution >= 0.6 is 0 Å². The Kier molecular flexibility index (Phi) is 10.9. The van der Waals surface area contributed by atoms with Crippen LogP contribution in [-0.4, -0.2) is 90.3 Å². The number of carbonyl (C=O) groups is 4. The predicted octanol–water partition coefficient (Wildman–Crippen LogP) is -3.87. The average molecular weight is 326 g/mol. The third kappa shape index (κ3) is 9.10. The molecule has 0 aliphatic heterocycles. The number of carboxylic acid groups (broad SMARTS) is 2. The minimum Gasteiger partial charge on any atom is -0.479 e. The first-order chi connectivity index (χ1) is 9.95. The number of carboxylic acids is 2. The van der Waals surface area contributed by atoms with E-state index < -0.39 is 60.9 Å². The molecule has 0 rings (SSSR count). The SMILES string of the molecule is CC(=O)CC(=O)C(=O)O.O=C(O)C(O)C(O)C(O)C(O)CO. The lowest BCUT2D eigenvalue weighted by Crippen LogP contribution is -2.48. The first-order valence-corrected chi connectivity index (χ1v) is 5.77. The lowest BCUT2D eigenvalue weighted by Gasteiger charge is -2.23. The van der Waals surface area contributed by atoms with E-state index in [1.807, 2.05) is 0 Å². The molecule has 0 aliphatic carbocycles. The molecule has 7 N–H and O–H groups in total. The van der Waals surface area contributed by atoms with Gasteiger partial charge in [0, 0.05) is 0 Å². The molecule has 0 aliphatic rings. The van der Waals surface area contributed by atoms with Crippen molar-refractivity contribution in [2.75, 3.05) is 6.61 Å². The van der Waals surface area contributed by atoms with Gasteiger partial charge in [0.2, 0.25) is 5.78 Å². The van der Waals surface area contributed by atoms with Crippen molar-refractivity contribution in [1.82, 2.24) is 0 Å². The highest BCUT2D eigenvalue weighted by Gasteiger charge is 2.33. The molecular formula is C11H18O11. The summed E-state index contributed by atoms with van der Waals surface area (Å²) in [6.07, 6.45) is -8.34. The van der Waals surface area contributed by atoms with Crippen molar-refractivity contribution in [1.29, 1.82) is 0 Å². The van der Waals surface area contributed by atoms with Gasteiger partial charge in [-0.25, -0.2) is 9.59 Å². The number of hydrogen-bond donors (Lipinski definition) is 7. The topological polar surface area (TPSA) is 210 Å². The smallest absolute Gasteiger partial charge is 0.372 e. The number of aliphatic hydroxyl groups excluding tert-OH is 5. The Bertz CT molecular complexity index is 405. The third-order valence-corrected chi connectivity index (χ3v) is 2.16. The number of carbonyl (C=O) groups excluding carboxylic acids is 2. The van der Waals surface area contributed by atoms with Crippen LogP contribution in [0, 0.1) is 0 Å². The van der Waals surface area contributed by atoms with E-state index in [9.17, 15) is 19.2 Å². The van der Waals surface area contributed by atoms with Gasteiger partial charge in [-0.2, -0.15) is 0 Å². The van der Waals surface area contributed by atoms with Gasteiger partial charge in [0.15, 0.2) is 6.10 Å². The van der Waals surface area contributed by atoms with Crippen molar-refractivity contribution in [3.8, 4) is 0 Å². The number of Topliss-reactive ketones (excluding diaryl/α,β-unsaturated/α-hetero) is 2. The molecule has 0 heterocycles. The fraction of sp³-hybridized carbons (Fsp3) is 0.636. The lowest BCUT2D eigenvalue weighted by atomic mass is 10.0. The van der Waals surface area contributed by atoms with Gasteiger partial charge in [0.05, 0.1) is 13.0 Å². The van der Waals surface area contributed by atoms with Crippen molar-refractivity contribution in [3.05, 3.63) is 0 Å². The second-order valence-corrected chi connectivity index (χ2v) is 4.12. The summed E-state index contributed by atoms with van der Waals surface area (Å²) >= 11 is 0. The van der Waals surface area contributed by atoms with E-state index >= 15 is 0 Å². The fourth-order valence-corrected chi connectivity index (χ4v) is 0.970. The summed E-state index contributed by atoms with van der Waals surface area (Å²) in [5.74, 6) is -4.76. The van der Waals surface area contributed by atoms with Crippen LogP contribution in [0.3, 0.4) is 0 Å². The Balaban J connectivity index is 0. The van der Waals surface area contributed by atoms with Crippen LogP contribution in [0.2, 0.25) is 0 Å². The molecule has 0 bridgehead atoms. The Labute approximate surface area is 124 Å². The van der Waals surface area contributed by atoms with E-state index in [4.69, 9.17) is 35.7 Å². The molecule has 0 saturated carbocycles. The maximum atomic E-state index is 10.1. The van der Waals surface area contributed by atoms with E-state index in [2.05, 4.69) is 0 Å². The zero-order valence-corrected chi connectivity index (χ0v) is 11.5. The normalized spacial score (nSPS) is 15.5. The molecule has 11 nitrogen and oxygen atoms in total. The Morgan fingerprint density at radius 2 is 1.36 bits per heavy atom. The minimum atomic E-state index is -2.20. The van der Waals surface area contributed by atoms with Crippen LogP contribution in [0.1, 0.15) is 13.3 Å². The van der Waals surface area contributed by atoms with Gasteiger partial charge in [-0.05, 0) is 6.92 Å². The van der Waals surface area contributed by atoms with E-state index in [-0.39, 0.29) is 0 Å². The number of rotatable bonds is 8. The number of aliphatic carboxylic acids is 2. The lowest BCUT2D eigenvalue weighted by molar-refractivity contribution is -0.164. The van der Waals surface area contributed by atoms with E-state index in [0.29, 0.717) is 0 Å². The minimum absolute atomic E-state index is 0.428. The monoisotopic (exact) mass is 326 g/mol. The van der Waals surface area contributed by atoms with Crippen molar-refractivity contribution in [2.45, 2.75) is 37.8 Å². The third-order valence-electron chi connectivity index (χ3n) is 2.16. The molecule has 0 spiro atoms. The maximum Gasteiger partial charge on any atom is 0.372 e. The van der Waals surface area contributed by atoms with Crippen LogP contribution in [0.25, 0.3) is 0 Å². The molecule has 0 aromatic carbocycles. The Morgan fingerprint density at radius 1 is 0.909 bits per heavy atom. The quantitative estimate of drug-likeness (QED) is 0.169. The molecule has 4 unspecified atom stereocenters. The van der Waals surface area contributed by atoms with Gasteiger partial charge >= 0.3 is 11.9 Å². The molecular weight excluding hydrogens is 308 g/mol. The molecule has 4 atom stereocenters. The van der Waals surface area contributed by atoms with Crippen LogP contribution in [0.5, 0.6) is 0 Å². The molecule has 128 valence electrons. The Hall–Kier alpha value is -1.92. The highest BCUT2D eigenvalue weighted by atomic mass is 16.4. The van der Waals surface area contributed by atoms with Crippen molar-refractivity contribution in [3.63, 3.8) is 0 Å². The fourth-order valence-electron chi connectivity index (χ4n) is 0.970. The summed E-state index contributed by atoms with van der Waals surface area (Å²) in [6, 6.07) is 0. The van der Waals surface area contributed by atoms with E-state index in [0.717, 1.165) is 0 Å². The van der Waals surface area contributed by atoms with Crippen molar-refractivity contribution >= 4 is 23.5 Å². The van der Waals surface area contributed by atoms with Gasteiger partial charge in [-0.1, -0.05) is 0 Å². The Morgan fingerprint density at radius 3 is 1.59 bits per heavy atom.